The number of carbonyl (C=O) groups excluding carboxylic acids is 2. The van der Waals surface area contributed by atoms with E-state index in [1.54, 1.807) is 11.9 Å². The fraction of sp³-hybridized carbons (Fsp3) is 0.867. The number of urea groups is 1. The summed E-state index contributed by atoms with van der Waals surface area (Å²) in [4.78, 5) is 27.6. The SMILES string of the molecule is CN1C(=O)[N]C(=O)C12CCN(CC1CCCCC1)CC2. The average Bonchev–Trinajstić information content (AvgIpc) is 2.67. The van der Waals surface area contributed by atoms with Gasteiger partial charge in [0.25, 0.3) is 5.91 Å². The normalized spacial score (nSPS) is 28.1. The number of carbonyl (C=O) groups is 2. The van der Waals surface area contributed by atoms with Crippen molar-refractivity contribution in [2.45, 2.75) is 50.5 Å². The van der Waals surface area contributed by atoms with E-state index in [0.29, 0.717) is 0 Å². The number of nitrogens with zero attached hydrogens (tertiary/aromatic N) is 3. The molecule has 0 unspecified atom stereocenters. The van der Waals surface area contributed by atoms with Gasteiger partial charge in [-0.2, -0.15) is 5.32 Å². The first-order chi connectivity index (χ1) is 9.62. The van der Waals surface area contributed by atoms with E-state index in [-0.39, 0.29) is 11.9 Å². The van der Waals surface area contributed by atoms with E-state index in [1.807, 2.05) is 0 Å². The highest BCUT2D eigenvalue weighted by atomic mass is 16.2. The molecule has 5 heteroatoms. The molecule has 3 fully saturated rings. The third-order valence-corrected chi connectivity index (χ3v) is 5.45. The zero-order valence-electron chi connectivity index (χ0n) is 12.3. The second-order valence-electron chi connectivity index (χ2n) is 6.59. The summed E-state index contributed by atoms with van der Waals surface area (Å²) in [5.41, 5.74) is -0.625. The van der Waals surface area contributed by atoms with Gasteiger partial charge in [-0.15, -0.1) is 0 Å². The minimum Gasteiger partial charge on any atom is -0.311 e. The third kappa shape index (κ3) is 2.32. The molecule has 2 heterocycles. The molecule has 1 spiro atoms. The maximum atomic E-state index is 12.0. The van der Waals surface area contributed by atoms with Crippen LogP contribution in [0.15, 0.2) is 0 Å². The number of likely N-dealkylation sites (tertiary alicyclic amines) is 1. The number of piperidine rings is 1. The van der Waals surface area contributed by atoms with Gasteiger partial charge in [0, 0.05) is 26.7 Å². The minimum absolute atomic E-state index is 0.220. The zero-order chi connectivity index (χ0) is 14.2. The first-order valence-electron chi connectivity index (χ1n) is 7.88. The van der Waals surface area contributed by atoms with Gasteiger partial charge >= 0.3 is 6.03 Å². The van der Waals surface area contributed by atoms with Crippen molar-refractivity contribution in [3.63, 3.8) is 0 Å². The van der Waals surface area contributed by atoms with Crippen LogP contribution in [0.4, 0.5) is 4.79 Å². The maximum Gasteiger partial charge on any atom is 0.347 e. The summed E-state index contributed by atoms with van der Waals surface area (Å²) in [6, 6.07) is -0.365. The number of amides is 3. The summed E-state index contributed by atoms with van der Waals surface area (Å²) in [5, 5.41) is 3.62. The lowest BCUT2D eigenvalue weighted by Crippen LogP contribution is -2.55. The molecule has 1 radical (unpaired) electrons. The van der Waals surface area contributed by atoms with E-state index in [0.717, 1.165) is 31.8 Å². The van der Waals surface area contributed by atoms with E-state index in [1.165, 1.54) is 38.6 Å². The van der Waals surface area contributed by atoms with Crippen molar-refractivity contribution >= 4 is 11.9 Å². The fourth-order valence-corrected chi connectivity index (χ4v) is 3.98. The van der Waals surface area contributed by atoms with Crippen LogP contribution in [0.5, 0.6) is 0 Å². The van der Waals surface area contributed by atoms with E-state index < -0.39 is 5.54 Å². The summed E-state index contributed by atoms with van der Waals surface area (Å²) < 4.78 is 0. The molecule has 0 atom stereocenters. The molecule has 0 bridgehead atoms. The number of likely N-dealkylation sites (N-methyl/N-ethyl adjacent to an activating group) is 1. The molecule has 2 aliphatic heterocycles. The highest BCUT2D eigenvalue weighted by Crippen LogP contribution is 2.33. The van der Waals surface area contributed by atoms with Crippen LogP contribution in [-0.2, 0) is 4.79 Å². The average molecular weight is 278 g/mol. The molecular weight excluding hydrogens is 254 g/mol. The van der Waals surface area contributed by atoms with Crippen LogP contribution in [0.25, 0.3) is 0 Å². The van der Waals surface area contributed by atoms with E-state index in [4.69, 9.17) is 0 Å². The summed E-state index contributed by atoms with van der Waals surface area (Å²) in [7, 11) is 1.72. The standard InChI is InChI=1S/C15H24N3O2/c1-17-14(20)16-13(19)15(17)7-9-18(10-8-15)11-12-5-3-2-4-6-12/h12H,2-11H2,1H3. The second kappa shape index (κ2) is 5.35. The first kappa shape index (κ1) is 13.9. The molecule has 111 valence electrons. The van der Waals surface area contributed by atoms with Crippen molar-refractivity contribution in [1.29, 1.82) is 0 Å². The van der Waals surface area contributed by atoms with E-state index in [2.05, 4.69) is 10.2 Å². The Kier molecular flexibility index (Phi) is 3.71. The Morgan fingerprint density at radius 2 is 1.80 bits per heavy atom. The summed E-state index contributed by atoms with van der Waals surface area (Å²) >= 11 is 0. The number of hydrogen-bond acceptors (Lipinski definition) is 3. The quantitative estimate of drug-likeness (QED) is 0.721. The van der Waals surface area contributed by atoms with Gasteiger partial charge < -0.3 is 9.80 Å². The highest BCUT2D eigenvalue weighted by molar-refractivity contribution is 6.06. The molecule has 1 saturated carbocycles. The topological polar surface area (TPSA) is 54.7 Å². The molecule has 1 aliphatic carbocycles. The Morgan fingerprint density at radius 3 is 2.35 bits per heavy atom. The van der Waals surface area contributed by atoms with Gasteiger partial charge in [-0.3, -0.25) is 4.79 Å². The first-order valence-corrected chi connectivity index (χ1v) is 7.88. The maximum absolute atomic E-state index is 12.0. The highest BCUT2D eigenvalue weighted by Gasteiger charge is 2.53. The molecule has 0 aromatic heterocycles. The second-order valence-corrected chi connectivity index (χ2v) is 6.59. The Morgan fingerprint density at radius 1 is 1.15 bits per heavy atom. The number of hydrogen-bond donors (Lipinski definition) is 0. The lowest BCUT2D eigenvalue weighted by molar-refractivity contribution is -0.128. The van der Waals surface area contributed by atoms with Crippen molar-refractivity contribution in [3.05, 3.63) is 0 Å². The Balaban J connectivity index is 1.56. The minimum atomic E-state index is -0.625. The Hall–Kier alpha value is -1.10. The molecule has 3 rings (SSSR count). The van der Waals surface area contributed by atoms with Gasteiger partial charge in [0.15, 0.2) is 0 Å². The van der Waals surface area contributed by atoms with Gasteiger partial charge in [0.05, 0.1) is 0 Å². The van der Waals surface area contributed by atoms with E-state index in [9.17, 15) is 9.59 Å². The molecular formula is C15H24N3O2. The van der Waals surface area contributed by atoms with Crippen molar-refractivity contribution in [2.24, 2.45) is 5.92 Å². The van der Waals surface area contributed by atoms with Gasteiger partial charge in [-0.1, -0.05) is 19.3 Å². The molecule has 20 heavy (non-hydrogen) atoms. The molecule has 3 amide bonds. The summed E-state index contributed by atoms with van der Waals surface area (Å²) in [5.74, 6) is 0.614. The largest absolute Gasteiger partial charge is 0.347 e. The van der Waals surface area contributed by atoms with Gasteiger partial charge in [0.1, 0.15) is 5.54 Å². The van der Waals surface area contributed by atoms with Gasteiger partial charge in [-0.25, -0.2) is 4.79 Å². The van der Waals surface area contributed by atoms with Crippen LogP contribution in [0.2, 0.25) is 0 Å². The van der Waals surface area contributed by atoms with Crippen LogP contribution in [0.1, 0.15) is 44.9 Å². The lowest BCUT2D eigenvalue weighted by atomic mass is 9.84. The fourth-order valence-electron chi connectivity index (χ4n) is 3.98. The van der Waals surface area contributed by atoms with E-state index >= 15 is 0 Å². The zero-order valence-corrected chi connectivity index (χ0v) is 12.3. The summed E-state index contributed by atoms with van der Waals surface area (Å²) in [6.45, 7) is 2.99. The van der Waals surface area contributed by atoms with Crippen molar-refractivity contribution in [2.75, 3.05) is 26.7 Å². The van der Waals surface area contributed by atoms with Crippen molar-refractivity contribution in [1.82, 2.24) is 15.1 Å². The third-order valence-electron chi connectivity index (χ3n) is 5.45. The molecule has 2 saturated heterocycles. The summed E-state index contributed by atoms with van der Waals surface area (Å²) in [6.07, 6.45) is 8.33. The van der Waals surface area contributed by atoms with Crippen LogP contribution in [0, 0.1) is 5.92 Å². The molecule has 0 aromatic carbocycles. The van der Waals surface area contributed by atoms with Gasteiger partial charge in [0.2, 0.25) is 0 Å². The van der Waals surface area contributed by atoms with Crippen LogP contribution < -0.4 is 5.32 Å². The molecule has 0 aromatic rings. The van der Waals surface area contributed by atoms with Crippen LogP contribution in [0.3, 0.4) is 0 Å². The number of imide groups is 1. The molecule has 5 nitrogen and oxygen atoms in total. The predicted octanol–water partition coefficient (Wildman–Crippen LogP) is 1.60. The van der Waals surface area contributed by atoms with Crippen LogP contribution in [-0.4, -0.2) is 54.0 Å². The molecule has 0 N–H and O–H groups in total. The molecule has 3 aliphatic rings. The number of rotatable bonds is 2. The van der Waals surface area contributed by atoms with Crippen molar-refractivity contribution < 1.29 is 9.59 Å². The monoisotopic (exact) mass is 278 g/mol. The lowest BCUT2D eigenvalue weighted by Gasteiger charge is -2.41. The smallest absolute Gasteiger partial charge is 0.311 e. The van der Waals surface area contributed by atoms with Crippen LogP contribution >= 0.6 is 0 Å². The van der Waals surface area contributed by atoms with Crippen molar-refractivity contribution in [3.8, 4) is 0 Å². The predicted molar refractivity (Wildman–Crippen MR) is 75.3 cm³/mol. The van der Waals surface area contributed by atoms with Gasteiger partial charge in [-0.05, 0) is 31.6 Å². The Labute approximate surface area is 120 Å². The Bertz CT molecular complexity index is 396.